The highest BCUT2D eigenvalue weighted by molar-refractivity contribution is 8.14. The average molecular weight is 346 g/mol. The van der Waals surface area contributed by atoms with Gasteiger partial charge in [-0.1, -0.05) is 71.0 Å². The van der Waals surface area contributed by atoms with E-state index < -0.39 is 0 Å². The first kappa shape index (κ1) is 20.5. The van der Waals surface area contributed by atoms with Crippen molar-refractivity contribution >= 4 is 28.8 Å². The summed E-state index contributed by atoms with van der Waals surface area (Å²) in [6.45, 7) is 12.0. The smallest absolute Gasteiger partial charge is 0.166 e. The van der Waals surface area contributed by atoms with Crippen LogP contribution in [0.4, 0.5) is 0 Å². The van der Waals surface area contributed by atoms with E-state index in [4.69, 9.17) is 5.41 Å². The molecule has 1 N–H and O–H groups in total. The van der Waals surface area contributed by atoms with Gasteiger partial charge in [0.25, 0.3) is 0 Å². The second-order valence-corrected chi connectivity index (χ2v) is 6.10. The number of nitrogens with one attached hydrogen (secondary N) is 1. The molecule has 1 aromatic rings. The van der Waals surface area contributed by atoms with Crippen LogP contribution in [0.5, 0.6) is 0 Å². The standard InChI is InChI=1S/C16H19N3S.2C2H6/c1-2-3-4-6-12-7-8-13-14(11-12)20-16(17)19-10-5-9-18-15(13)19;2*1-2/h4,6-8,11,17H,2-3,5,9-10H2,1H3;2*1-2H3/b6-4+,17-16?;;. The van der Waals surface area contributed by atoms with Crippen LogP contribution >= 0.6 is 11.8 Å². The number of benzene rings is 1. The summed E-state index contributed by atoms with van der Waals surface area (Å²) >= 11 is 1.55. The van der Waals surface area contributed by atoms with Crippen molar-refractivity contribution in [2.24, 2.45) is 4.99 Å². The fourth-order valence-electron chi connectivity index (χ4n) is 2.49. The van der Waals surface area contributed by atoms with Crippen molar-refractivity contribution in [1.82, 2.24) is 4.90 Å². The van der Waals surface area contributed by atoms with Crippen molar-refractivity contribution in [3.05, 3.63) is 35.4 Å². The normalized spacial score (nSPS) is 15.5. The predicted octanol–water partition coefficient (Wildman–Crippen LogP) is 6.05. The van der Waals surface area contributed by atoms with Crippen LogP contribution in [0, 0.1) is 5.41 Å². The Morgan fingerprint density at radius 3 is 2.71 bits per heavy atom. The third-order valence-electron chi connectivity index (χ3n) is 3.52. The highest BCUT2D eigenvalue weighted by atomic mass is 32.2. The molecule has 1 aromatic carbocycles. The first-order valence-corrected chi connectivity index (χ1v) is 10.0. The van der Waals surface area contributed by atoms with Crippen LogP contribution < -0.4 is 0 Å². The third-order valence-corrected chi connectivity index (χ3v) is 4.49. The molecule has 24 heavy (non-hydrogen) atoms. The summed E-state index contributed by atoms with van der Waals surface area (Å²) in [6.07, 6.45) is 7.71. The highest BCUT2D eigenvalue weighted by Gasteiger charge is 2.28. The Morgan fingerprint density at radius 2 is 2.00 bits per heavy atom. The van der Waals surface area contributed by atoms with Gasteiger partial charge in [-0.25, -0.2) is 0 Å². The van der Waals surface area contributed by atoms with Crippen LogP contribution in [0.2, 0.25) is 0 Å². The van der Waals surface area contributed by atoms with E-state index >= 15 is 0 Å². The number of hydrogen-bond acceptors (Lipinski definition) is 3. The molecular formula is C20H31N3S. The Hall–Kier alpha value is -1.55. The van der Waals surface area contributed by atoms with Crippen molar-refractivity contribution in [2.75, 3.05) is 13.1 Å². The Balaban J connectivity index is 0.000000671. The van der Waals surface area contributed by atoms with Crippen LogP contribution in [-0.4, -0.2) is 29.0 Å². The van der Waals surface area contributed by atoms with Crippen LogP contribution in [0.1, 0.15) is 65.0 Å². The summed E-state index contributed by atoms with van der Waals surface area (Å²) in [5.74, 6) is 0.985. The molecule has 0 atom stereocenters. The fraction of sp³-hybridized carbons (Fsp3) is 0.500. The van der Waals surface area contributed by atoms with E-state index in [1.165, 1.54) is 17.5 Å². The maximum atomic E-state index is 8.17. The third kappa shape index (κ3) is 4.97. The van der Waals surface area contributed by atoms with Crippen molar-refractivity contribution in [3.8, 4) is 0 Å². The Kier molecular flexibility index (Phi) is 9.46. The minimum Gasteiger partial charge on any atom is -0.305 e. The number of rotatable bonds is 3. The highest BCUT2D eigenvalue weighted by Crippen LogP contribution is 2.34. The lowest BCUT2D eigenvalue weighted by molar-refractivity contribution is 0.552. The first-order valence-electron chi connectivity index (χ1n) is 9.19. The van der Waals surface area contributed by atoms with E-state index in [1.54, 1.807) is 11.8 Å². The van der Waals surface area contributed by atoms with Gasteiger partial charge in [-0.2, -0.15) is 0 Å². The van der Waals surface area contributed by atoms with Crippen molar-refractivity contribution in [2.45, 2.75) is 58.8 Å². The molecule has 0 aliphatic carbocycles. The van der Waals surface area contributed by atoms with Crippen molar-refractivity contribution in [1.29, 1.82) is 5.41 Å². The monoisotopic (exact) mass is 345 g/mol. The molecular weight excluding hydrogens is 314 g/mol. The number of fused-ring (bicyclic) bond motifs is 3. The minimum absolute atomic E-state index is 0.602. The maximum Gasteiger partial charge on any atom is 0.166 e. The van der Waals surface area contributed by atoms with E-state index in [0.717, 1.165) is 36.7 Å². The predicted molar refractivity (Wildman–Crippen MR) is 109 cm³/mol. The van der Waals surface area contributed by atoms with Gasteiger partial charge in [0.1, 0.15) is 5.84 Å². The molecule has 2 aliphatic heterocycles. The molecule has 0 bridgehead atoms. The van der Waals surface area contributed by atoms with E-state index in [9.17, 15) is 0 Å². The van der Waals surface area contributed by atoms with Gasteiger partial charge in [0.2, 0.25) is 0 Å². The molecule has 0 radical (unpaired) electrons. The van der Waals surface area contributed by atoms with E-state index in [0.29, 0.717) is 5.17 Å². The Morgan fingerprint density at radius 1 is 1.25 bits per heavy atom. The van der Waals surface area contributed by atoms with E-state index in [2.05, 4.69) is 42.3 Å². The maximum absolute atomic E-state index is 8.17. The number of aliphatic imine (C=N–C) groups is 1. The quantitative estimate of drug-likeness (QED) is 0.725. The molecule has 0 unspecified atom stereocenters. The van der Waals surface area contributed by atoms with Gasteiger partial charge in [0.05, 0.1) is 0 Å². The molecule has 3 rings (SSSR count). The molecule has 0 fully saturated rings. The molecule has 132 valence electrons. The zero-order valence-electron chi connectivity index (χ0n) is 15.7. The van der Waals surface area contributed by atoms with Gasteiger partial charge in [0.15, 0.2) is 5.17 Å². The molecule has 0 saturated carbocycles. The van der Waals surface area contributed by atoms with Gasteiger partial charge in [0, 0.05) is 23.5 Å². The zero-order valence-corrected chi connectivity index (χ0v) is 16.5. The van der Waals surface area contributed by atoms with E-state index in [1.807, 2.05) is 32.6 Å². The van der Waals surface area contributed by atoms with Crippen LogP contribution in [0.3, 0.4) is 0 Å². The molecule has 0 spiro atoms. The van der Waals surface area contributed by atoms with Crippen molar-refractivity contribution in [3.63, 3.8) is 0 Å². The molecule has 3 nitrogen and oxygen atoms in total. The van der Waals surface area contributed by atoms with E-state index in [-0.39, 0.29) is 0 Å². The number of thioether (sulfide) groups is 1. The summed E-state index contributed by atoms with van der Waals surface area (Å²) in [5, 5.41) is 8.78. The Labute approximate surface area is 151 Å². The van der Waals surface area contributed by atoms with Crippen molar-refractivity contribution < 1.29 is 0 Å². The Bertz CT molecular complexity index is 591. The molecule has 2 heterocycles. The molecule has 0 aromatic heterocycles. The second-order valence-electron chi connectivity index (χ2n) is 5.06. The lowest BCUT2D eigenvalue weighted by Gasteiger charge is -2.34. The summed E-state index contributed by atoms with van der Waals surface area (Å²) in [4.78, 5) is 7.81. The molecule has 2 aliphatic rings. The number of nitrogens with zero attached hydrogens (tertiary/aromatic N) is 2. The van der Waals surface area contributed by atoms with Crippen LogP contribution in [-0.2, 0) is 0 Å². The molecule has 4 heteroatoms. The van der Waals surface area contributed by atoms with Gasteiger partial charge in [-0.3, -0.25) is 10.4 Å². The topological polar surface area (TPSA) is 39.5 Å². The second kappa shape index (κ2) is 11.1. The largest absolute Gasteiger partial charge is 0.305 e. The minimum atomic E-state index is 0.602. The first-order chi connectivity index (χ1) is 11.8. The lowest BCUT2D eigenvalue weighted by Crippen LogP contribution is -2.42. The average Bonchev–Trinajstić information content (AvgIpc) is 2.65. The number of hydrogen-bond donors (Lipinski definition) is 1. The summed E-state index contributed by atoms with van der Waals surface area (Å²) in [6, 6.07) is 6.47. The summed E-state index contributed by atoms with van der Waals surface area (Å²) < 4.78 is 0. The van der Waals surface area contributed by atoms with Crippen LogP contribution in [0.15, 0.2) is 34.2 Å². The van der Waals surface area contributed by atoms with Crippen LogP contribution in [0.25, 0.3) is 6.08 Å². The van der Waals surface area contributed by atoms with Gasteiger partial charge in [-0.05, 0) is 30.5 Å². The summed E-state index contributed by atoms with van der Waals surface area (Å²) in [7, 11) is 0. The number of amidine groups is 2. The SMILES string of the molecule is CC.CC.CCC/C=C/c1ccc2c(c1)SC(=N)N1CCCN=C21. The number of allylic oxidation sites excluding steroid dienone is 1. The fourth-order valence-corrected chi connectivity index (χ4v) is 3.45. The lowest BCUT2D eigenvalue weighted by atomic mass is 10.1. The van der Waals surface area contributed by atoms with Gasteiger partial charge < -0.3 is 4.90 Å². The van der Waals surface area contributed by atoms with Gasteiger partial charge in [-0.15, -0.1) is 0 Å². The molecule has 0 saturated heterocycles. The zero-order chi connectivity index (χ0) is 17.9. The number of unbranched alkanes of at least 4 members (excludes halogenated alkanes) is 1. The summed E-state index contributed by atoms with van der Waals surface area (Å²) in [5.41, 5.74) is 2.39. The van der Waals surface area contributed by atoms with Gasteiger partial charge >= 0.3 is 0 Å². The molecule has 0 amide bonds.